The van der Waals surface area contributed by atoms with Crippen LogP contribution in [0, 0.1) is 0 Å². The molecule has 4 rings (SSSR count). The van der Waals surface area contributed by atoms with Gasteiger partial charge in [0.25, 0.3) is 5.91 Å². The summed E-state index contributed by atoms with van der Waals surface area (Å²) in [6.45, 7) is 2.36. The molecular formula is C25H30N4O4. The van der Waals surface area contributed by atoms with Crippen LogP contribution in [0.3, 0.4) is 0 Å². The first-order valence-electron chi connectivity index (χ1n) is 11.5. The monoisotopic (exact) mass is 450 g/mol. The zero-order valence-electron chi connectivity index (χ0n) is 18.6. The molecule has 1 atom stereocenters. The van der Waals surface area contributed by atoms with E-state index in [2.05, 4.69) is 10.6 Å². The molecule has 2 aromatic rings. The summed E-state index contributed by atoms with van der Waals surface area (Å²) < 4.78 is 5.75. The minimum absolute atomic E-state index is 0.158. The summed E-state index contributed by atoms with van der Waals surface area (Å²) in [6, 6.07) is 13.0. The van der Waals surface area contributed by atoms with Crippen molar-refractivity contribution in [2.45, 2.75) is 51.2 Å². The molecule has 0 bridgehead atoms. The first-order chi connectivity index (χ1) is 16.0. The highest BCUT2D eigenvalue weighted by Crippen LogP contribution is 2.28. The lowest BCUT2D eigenvalue weighted by atomic mass is 10.0. The molecule has 0 spiro atoms. The molecule has 0 saturated carbocycles. The Morgan fingerprint density at radius 3 is 2.64 bits per heavy atom. The van der Waals surface area contributed by atoms with Crippen molar-refractivity contribution in [1.82, 2.24) is 10.2 Å². The number of benzene rings is 2. The second kappa shape index (κ2) is 10.5. The fourth-order valence-corrected chi connectivity index (χ4v) is 4.20. The molecule has 174 valence electrons. The zero-order chi connectivity index (χ0) is 23.2. The fraction of sp³-hybridized carbons (Fsp3) is 0.400. The van der Waals surface area contributed by atoms with Gasteiger partial charge in [-0.1, -0.05) is 12.1 Å². The van der Waals surface area contributed by atoms with Crippen molar-refractivity contribution >= 4 is 23.4 Å². The number of nitrogens with zero attached hydrogens (tertiary/aromatic N) is 1. The predicted molar refractivity (Wildman–Crippen MR) is 125 cm³/mol. The van der Waals surface area contributed by atoms with Crippen LogP contribution in [-0.4, -0.2) is 41.8 Å². The Labute approximate surface area is 193 Å². The smallest absolute Gasteiger partial charge is 0.255 e. The number of hydrogen-bond donors (Lipinski definition) is 3. The standard InChI is InChI=1S/C25H30N4O4/c26-12-2-1-3-13-33-20-8-6-19(7-9-20)27-15-17-4-5-18-16-29(25(32)21(18)14-17)22-10-11-23(30)28-24(22)31/h4-9,14,22,27H,1-3,10-13,15-16,26H2,(H,28,30,31). The third kappa shape index (κ3) is 5.51. The van der Waals surface area contributed by atoms with Gasteiger partial charge in [0.05, 0.1) is 6.61 Å². The molecule has 0 radical (unpaired) electrons. The minimum Gasteiger partial charge on any atom is -0.494 e. The molecule has 2 aliphatic rings. The normalized spacial score (nSPS) is 17.7. The Balaban J connectivity index is 1.31. The summed E-state index contributed by atoms with van der Waals surface area (Å²) in [5.41, 5.74) is 8.96. The van der Waals surface area contributed by atoms with E-state index in [4.69, 9.17) is 10.5 Å². The number of amides is 3. The van der Waals surface area contributed by atoms with Gasteiger partial charge in [0, 0.05) is 30.8 Å². The number of fused-ring (bicyclic) bond motifs is 1. The summed E-state index contributed by atoms with van der Waals surface area (Å²) in [5, 5.41) is 5.70. The van der Waals surface area contributed by atoms with Gasteiger partial charge in [0.2, 0.25) is 11.8 Å². The Morgan fingerprint density at radius 2 is 1.88 bits per heavy atom. The number of carbonyl (C=O) groups is 3. The van der Waals surface area contributed by atoms with Gasteiger partial charge in [-0.3, -0.25) is 19.7 Å². The number of carbonyl (C=O) groups excluding carboxylic acids is 3. The Morgan fingerprint density at radius 1 is 1.06 bits per heavy atom. The van der Waals surface area contributed by atoms with E-state index in [0.717, 1.165) is 48.4 Å². The van der Waals surface area contributed by atoms with Gasteiger partial charge in [-0.05, 0) is 73.7 Å². The molecule has 2 aromatic carbocycles. The third-order valence-electron chi connectivity index (χ3n) is 6.06. The summed E-state index contributed by atoms with van der Waals surface area (Å²) in [6.07, 6.45) is 3.71. The topological polar surface area (TPSA) is 114 Å². The quantitative estimate of drug-likeness (QED) is 0.379. The van der Waals surface area contributed by atoms with Gasteiger partial charge in [0.15, 0.2) is 0 Å². The van der Waals surface area contributed by atoms with Crippen LogP contribution < -0.4 is 21.1 Å². The molecule has 8 heteroatoms. The molecule has 0 aromatic heterocycles. The number of ether oxygens (including phenoxy) is 1. The highest BCUT2D eigenvalue weighted by Gasteiger charge is 2.39. The lowest BCUT2D eigenvalue weighted by Gasteiger charge is -2.29. The van der Waals surface area contributed by atoms with Crippen LogP contribution in [0.4, 0.5) is 5.69 Å². The van der Waals surface area contributed by atoms with E-state index in [9.17, 15) is 14.4 Å². The molecule has 1 unspecified atom stereocenters. The van der Waals surface area contributed by atoms with E-state index >= 15 is 0 Å². The summed E-state index contributed by atoms with van der Waals surface area (Å²) in [5.74, 6) is 0.00689. The molecule has 1 fully saturated rings. The molecular weight excluding hydrogens is 420 g/mol. The van der Waals surface area contributed by atoms with E-state index in [1.807, 2.05) is 42.5 Å². The van der Waals surface area contributed by atoms with Crippen molar-refractivity contribution in [3.63, 3.8) is 0 Å². The van der Waals surface area contributed by atoms with Crippen LogP contribution >= 0.6 is 0 Å². The molecule has 33 heavy (non-hydrogen) atoms. The van der Waals surface area contributed by atoms with E-state index in [-0.39, 0.29) is 18.2 Å². The molecule has 3 amide bonds. The Bertz CT molecular complexity index is 1020. The van der Waals surface area contributed by atoms with Crippen LogP contribution in [0.1, 0.15) is 53.6 Å². The molecule has 4 N–H and O–H groups in total. The Kier molecular flexibility index (Phi) is 7.24. The summed E-state index contributed by atoms with van der Waals surface area (Å²) in [7, 11) is 0. The molecule has 2 aliphatic heterocycles. The van der Waals surface area contributed by atoms with Gasteiger partial charge < -0.3 is 20.7 Å². The maximum absolute atomic E-state index is 13.0. The lowest BCUT2D eigenvalue weighted by molar-refractivity contribution is -0.136. The van der Waals surface area contributed by atoms with Crippen molar-refractivity contribution in [2.75, 3.05) is 18.5 Å². The maximum atomic E-state index is 13.0. The predicted octanol–water partition coefficient (Wildman–Crippen LogP) is 2.57. The van der Waals surface area contributed by atoms with E-state index in [1.54, 1.807) is 4.90 Å². The van der Waals surface area contributed by atoms with Crippen molar-refractivity contribution < 1.29 is 19.1 Å². The molecule has 0 aliphatic carbocycles. The second-order valence-electron chi connectivity index (χ2n) is 8.47. The van der Waals surface area contributed by atoms with E-state index in [1.165, 1.54) is 0 Å². The van der Waals surface area contributed by atoms with Crippen LogP contribution in [0.2, 0.25) is 0 Å². The van der Waals surface area contributed by atoms with Gasteiger partial charge in [-0.2, -0.15) is 0 Å². The van der Waals surface area contributed by atoms with Crippen LogP contribution in [0.15, 0.2) is 42.5 Å². The van der Waals surface area contributed by atoms with Crippen molar-refractivity contribution in [3.8, 4) is 5.75 Å². The lowest BCUT2D eigenvalue weighted by Crippen LogP contribution is -2.52. The first kappa shape index (κ1) is 22.8. The van der Waals surface area contributed by atoms with Crippen molar-refractivity contribution in [2.24, 2.45) is 5.73 Å². The minimum atomic E-state index is -0.592. The second-order valence-corrected chi connectivity index (χ2v) is 8.47. The number of hydrogen-bond acceptors (Lipinski definition) is 6. The van der Waals surface area contributed by atoms with E-state index in [0.29, 0.717) is 31.7 Å². The van der Waals surface area contributed by atoms with Crippen molar-refractivity contribution in [3.05, 3.63) is 59.2 Å². The third-order valence-corrected chi connectivity index (χ3v) is 6.06. The summed E-state index contributed by atoms with van der Waals surface area (Å²) >= 11 is 0. The van der Waals surface area contributed by atoms with Gasteiger partial charge >= 0.3 is 0 Å². The zero-order valence-corrected chi connectivity index (χ0v) is 18.6. The number of nitrogens with two attached hydrogens (primary N) is 1. The largest absolute Gasteiger partial charge is 0.494 e. The number of anilines is 1. The van der Waals surface area contributed by atoms with Crippen LogP contribution in [-0.2, 0) is 22.7 Å². The number of imide groups is 1. The molecule has 1 saturated heterocycles. The van der Waals surface area contributed by atoms with Gasteiger partial charge in [-0.25, -0.2) is 0 Å². The Hall–Kier alpha value is -3.39. The van der Waals surface area contributed by atoms with Crippen LogP contribution in [0.5, 0.6) is 5.75 Å². The maximum Gasteiger partial charge on any atom is 0.255 e. The molecule has 8 nitrogen and oxygen atoms in total. The number of unbranched alkanes of at least 4 members (excludes halogenated alkanes) is 2. The number of piperidine rings is 1. The van der Waals surface area contributed by atoms with E-state index < -0.39 is 11.9 Å². The van der Waals surface area contributed by atoms with Gasteiger partial charge in [-0.15, -0.1) is 0 Å². The number of nitrogens with one attached hydrogen (secondary N) is 2. The fourth-order valence-electron chi connectivity index (χ4n) is 4.20. The van der Waals surface area contributed by atoms with Crippen LogP contribution in [0.25, 0.3) is 0 Å². The first-order valence-corrected chi connectivity index (χ1v) is 11.5. The highest BCUT2D eigenvalue weighted by atomic mass is 16.5. The average molecular weight is 451 g/mol. The van der Waals surface area contributed by atoms with Crippen molar-refractivity contribution in [1.29, 1.82) is 0 Å². The summed E-state index contributed by atoms with van der Waals surface area (Å²) in [4.78, 5) is 38.1. The average Bonchev–Trinajstić information content (AvgIpc) is 3.14. The number of rotatable bonds is 10. The molecule has 2 heterocycles. The van der Waals surface area contributed by atoms with Gasteiger partial charge in [0.1, 0.15) is 11.8 Å². The SMILES string of the molecule is NCCCCCOc1ccc(NCc2ccc3c(c2)C(=O)N(C2CCC(=O)NC2=O)C3)cc1. The highest BCUT2D eigenvalue weighted by molar-refractivity contribution is 6.05.